The fourth-order valence-corrected chi connectivity index (χ4v) is 4.91. The van der Waals surface area contributed by atoms with Crippen molar-refractivity contribution in [2.75, 3.05) is 43.4 Å². The minimum Gasteiger partial charge on any atom is -0.369 e. The minimum absolute atomic E-state index is 0.0669. The van der Waals surface area contributed by atoms with Crippen molar-refractivity contribution in [3.8, 4) is 0 Å². The summed E-state index contributed by atoms with van der Waals surface area (Å²) in [5, 5.41) is 3.53. The Kier molecular flexibility index (Phi) is 6.38. The molecule has 31 heavy (non-hydrogen) atoms. The average Bonchev–Trinajstić information content (AvgIpc) is 3.12. The normalized spacial score (nSPS) is 14.9. The minimum atomic E-state index is -0.202. The van der Waals surface area contributed by atoms with Crippen LogP contribution >= 0.6 is 11.3 Å². The van der Waals surface area contributed by atoms with Crippen LogP contribution in [0, 0.1) is 6.92 Å². The van der Waals surface area contributed by atoms with Crippen LogP contribution < -0.4 is 15.8 Å². The molecule has 0 aliphatic carbocycles. The highest BCUT2D eigenvalue weighted by Gasteiger charge is 2.20. The monoisotopic (exact) mass is 439 g/mol. The van der Waals surface area contributed by atoms with Gasteiger partial charge in [0.15, 0.2) is 0 Å². The van der Waals surface area contributed by atoms with Gasteiger partial charge in [0.25, 0.3) is 11.5 Å². The van der Waals surface area contributed by atoms with Crippen LogP contribution in [0.3, 0.4) is 0 Å². The van der Waals surface area contributed by atoms with E-state index in [9.17, 15) is 9.59 Å². The standard InChI is InChI=1S/C23H29N5O2S/c1-4-5-10-28-15-24-22-19(23(28)30)16(2)20(31-22)21(29)25-17-6-8-18(9-7-17)27-13-11-26(3)12-14-27/h6-9,15H,4-5,10-14H2,1-3H3,(H,25,29). The molecule has 0 unspecified atom stereocenters. The summed E-state index contributed by atoms with van der Waals surface area (Å²) < 4.78 is 1.64. The Morgan fingerprint density at radius 2 is 1.87 bits per heavy atom. The van der Waals surface area contributed by atoms with Crippen LogP contribution in [0.4, 0.5) is 11.4 Å². The predicted octanol–water partition coefficient (Wildman–Crippen LogP) is 3.57. The number of carbonyl (C=O) groups excluding carboxylic acids is 1. The van der Waals surface area contributed by atoms with Crippen LogP contribution in [-0.2, 0) is 6.54 Å². The molecule has 3 aromatic rings. The Morgan fingerprint density at radius 1 is 1.16 bits per heavy atom. The van der Waals surface area contributed by atoms with E-state index in [4.69, 9.17) is 0 Å². The molecule has 8 heteroatoms. The maximum absolute atomic E-state index is 12.9. The number of aryl methyl sites for hydroxylation is 2. The first-order chi connectivity index (χ1) is 15.0. The molecule has 0 spiro atoms. The van der Waals surface area contributed by atoms with Crippen LogP contribution in [0.15, 0.2) is 35.4 Å². The van der Waals surface area contributed by atoms with Crippen molar-refractivity contribution < 1.29 is 4.79 Å². The summed E-state index contributed by atoms with van der Waals surface area (Å²) in [6, 6.07) is 7.97. The molecule has 0 saturated carbocycles. The lowest BCUT2D eigenvalue weighted by Crippen LogP contribution is -2.44. The molecular weight excluding hydrogens is 410 g/mol. The van der Waals surface area contributed by atoms with Gasteiger partial charge in [-0.05, 0) is 50.2 Å². The molecule has 0 atom stereocenters. The van der Waals surface area contributed by atoms with E-state index in [-0.39, 0.29) is 11.5 Å². The number of hydrogen-bond donors (Lipinski definition) is 1. The van der Waals surface area contributed by atoms with Gasteiger partial charge in [0.05, 0.1) is 16.6 Å². The number of unbranched alkanes of at least 4 members (excludes halogenated alkanes) is 1. The molecule has 4 rings (SSSR count). The maximum atomic E-state index is 12.9. The van der Waals surface area contributed by atoms with E-state index in [0.717, 1.165) is 44.7 Å². The Balaban J connectivity index is 1.51. The van der Waals surface area contributed by atoms with Gasteiger partial charge in [-0.2, -0.15) is 0 Å². The SMILES string of the molecule is CCCCn1cnc2sc(C(=O)Nc3ccc(N4CCN(C)CC4)cc3)c(C)c2c1=O. The van der Waals surface area contributed by atoms with Gasteiger partial charge < -0.3 is 15.1 Å². The smallest absolute Gasteiger partial charge is 0.266 e. The third kappa shape index (κ3) is 4.50. The molecule has 1 fully saturated rings. The number of hydrogen-bond acceptors (Lipinski definition) is 6. The molecule has 2 aromatic heterocycles. The highest BCUT2D eigenvalue weighted by Crippen LogP contribution is 2.28. The maximum Gasteiger partial charge on any atom is 0.266 e. The summed E-state index contributed by atoms with van der Waals surface area (Å²) in [7, 11) is 2.14. The van der Waals surface area contributed by atoms with Crippen LogP contribution in [0.25, 0.3) is 10.2 Å². The van der Waals surface area contributed by atoms with Crippen molar-refractivity contribution in [3.05, 3.63) is 51.4 Å². The zero-order valence-corrected chi connectivity index (χ0v) is 19.2. The summed E-state index contributed by atoms with van der Waals surface area (Å²) in [6.07, 6.45) is 3.52. The first-order valence-electron chi connectivity index (χ1n) is 10.8. The van der Waals surface area contributed by atoms with Gasteiger partial charge in [0, 0.05) is 44.1 Å². The molecule has 1 N–H and O–H groups in total. The second-order valence-electron chi connectivity index (χ2n) is 8.12. The number of anilines is 2. The quantitative estimate of drug-likeness (QED) is 0.636. The van der Waals surface area contributed by atoms with E-state index in [0.29, 0.717) is 27.2 Å². The molecule has 1 saturated heterocycles. The fraction of sp³-hybridized carbons (Fsp3) is 0.435. The lowest BCUT2D eigenvalue weighted by molar-refractivity contribution is 0.103. The lowest BCUT2D eigenvalue weighted by atomic mass is 10.2. The van der Waals surface area contributed by atoms with E-state index >= 15 is 0 Å². The van der Waals surface area contributed by atoms with Gasteiger partial charge in [-0.25, -0.2) is 4.98 Å². The topological polar surface area (TPSA) is 70.5 Å². The van der Waals surface area contributed by atoms with E-state index in [1.165, 1.54) is 17.0 Å². The molecule has 7 nitrogen and oxygen atoms in total. The zero-order chi connectivity index (χ0) is 22.0. The number of piperazine rings is 1. The number of nitrogens with zero attached hydrogens (tertiary/aromatic N) is 4. The number of nitrogens with one attached hydrogen (secondary N) is 1. The van der Waals surface area contributed by atoms with Crippen molar-refractivity contribution in [1.29, 1.82) is 0 Å². The van der Waals surface area contributed by atoms with Crippen LogP contribution in [0.1, 0.15) is 35.0 Å². The van der Waals surface area contributed by atoms with E-state index in [1.807, 2.05) is 31.2 Å². The van der Waals surface area contributed by atoms with E-state index < -0.39 is 0 Å². The third-order valence-corrected chi connectivity index (χ3v) is 7.07. The van der Waals surface area contributed by atoms with Crippen molar-refractivity contribution in [2.24, 2.45) is 0 Å². The van der Waals surface area contributed by atoms with Crippen LogP contribution in [0.5, 0.6) is 0 Å². The molecule has 0 bridgehead atoms. The second-order valence-corrected chi connectivity index (χ2v) is 9.12. The summed E-state index contributed by atoms with van der Waals surface area (Å²) in [4.78, 5) is 36.1. The molecule has 1 aliphatic heterocycles. The summed E-state index contributed by atoms with van der Waals surface area (Å²) in [5.74, 6) is -0.202. The number of amides is 1. The fourth-order valence-electron chi connectivity index (χ4n) is 3.87. The molecule has 1 aliphatic rings. The predicted molar refractivity (Wildman–Crippen MR) is 128 cm³/mol. The first kappa shape index (κ1) is 21.5. The number of carbonyl (C=O) groups is 1. The lowest BCUT2D eigenvalue weighted by Gasteiger charge is -2.34. The zero-order valence-electron chi connectivity index (χ0n) is 18.4. The average molecular weight is 440 g/mol. The van der Waals surface area contributed by atoms with Crippen molar-refractivity contribution >= 4 is 38.8 Å². The van der Waals surface area contributed by atoms with Crippen molar-refractivity contribution in [3.63, 3.8) is 0 Å². The third-order valence-electron chi connectivity index (χ3n) is 5.87. The van der Waals surface area contributed by atoms with Gasteiger partial charge in [0.1, 0.15) is 4.83 Å². The van der Waals surface area contributed by atoms with Gasteiger partial charge in [-0.1, -0.05) is 13.3 Å². The van der Waals surface area contributed by atoms with Crippen LogP contribution in [0.2, 0.25) is 0 Å². The van der Waals surface area contributed by atoms with Gasteiger partial charge in [0.2, 0.25) is 0 Å². The molecule has 0 radical (unpaired) electrons. The molecule has 1 amide bonds. The summed E-state index contributed by atoms with van der Waals surface area (Å²) in [5.41, 5.74) is 2.55. The first-order valence-corrected chi connectivity index (χ1v) is 11.6. The number of aromatic nitrogens is 2. The number of likely N-dealkylation sites (N-methyl/N-ethyl adjacent to an activating group) is 1. The Morgan fingerprint density at radius 3 is 2.55 bits per heavy atom. The molecule has 164 valence electrons. The molecule has 3 heterocycles. The van der Waals surface area contributed by atoms with E-state index in [2.05, 4.69) is 34.1 Å². The highest BCUT2D eigenvalue weighted by molar-refractivity contribution is 7.20. The van der Waals surface area contributed by atoms with Gasteiger partial charge in [-0.3, -0.25) is 14.2 Å². The second kappa shape index (κ2) is 9.20. The summed E-state index contributed by atoms with van der Waals surface area (Å²) in [6.45, 7) is 8.69. The Hall–Kier alpha value is -2.71. The van der Waals surface area contributed by atoms with Crippen LogP contribution in [-0.4, -0.2) is 53.6 Å². The molecule has 1 aromatic carbocycles. The van der Waals surface area contributed by atoms with Crippen molar-refractivity contribution in [2.45, 2.75) is 33.2 Å². The largest absolute Gasteiger partial charge is 0.369 e. The van der Waals surface area contributed by atoms with E-state index in [1.54, 1.807) is 10.9 Å². The Bertz CT molecular complexity index is 1130. The number of fused-ring (bicyclic) bond motifs is 1. The number of rotatable bonds is 6. The number of thiophene rings is 1. The van der Waals surface area contributed by atoms with Gasteiger partial charge >= 0.3 is 0 Å². The Labute approximate surface area is 186 Å². The van der Waals surface area contributed by atoms with Gasteiger partial charge in [-0.15, -0.1) is 11.3 Å². The highest BCUT2D eigenvalue weighted by atomic mass is 32.1. The molecular formula is C23H29N5O2S. The van der Waals surface area contributed by atoms with Crippen molar-refractivity contribution in [1.82, 2.24) is 14.5 Å². The number of benzene rings is 1. The summed E-state index contributed by atoms with van der Waals surface area (Å²) >= 11 is 1.27.